The van der Waals surface area contributed by atoms with Crippen LogP contribution in [0.15, 0.2) is 30.3 Å². The summed E-state index contributed by atoms with van der Waals surface area (Å²) in [7, 11) is 0. The topological polar surface area (TPSA) is 48.4 Å². The molecule has 0 radical (unpaired) electrons. The summed E-state index contributed by atoms with van der Waals surface area (Å²) in [6.45, 7) is 7.35. The second-order valence-corrected chi connectivity index (χ2v) is 6.18. The number of benzene rings is 1. The van der Waals surface area contributed by atoms with Crippen molar-refractivity contribution in [3.8, 4) is 0 Å². The minimum absolute atomic E-state index is 0.553. The Balaban J connectivity index is 1.90. The third-order valence-corrected chi connectivity index (χ3v) is 4.07. The van der Waals surface area contributed by atoms with E-state index in [0.717, 1.165) is 43.9 Å². The van der Waals surface area contributed by atoms with Crippen molar-refractivity contribution in [2.45, 2.75) is 32.4 Å². The summed E-state index contributed by atoms with van der Waals surface area (Å²) in [6, 6.07) is 10.4. The molecular weight excluding hydrogens is 262 g/mol. The molecule has 1 unspecified atom stereocenters. The standard InChI is InChI=1S/C17H23N3O/c1-3-18-16-14(11-20-9-8-17(2,21)12-20)10-13-6-4-5-7-15(13)19-16/h4-7,10,21H,3,8-9,11-12H2,1-2H3,(H,18,19). The van der Waals surface area contributed by atoms with Gasteiger partial charge in [-0.3, -0.25) is 4.90 Å². The van der Waals surface area contributed by atoms with Crippen LogP contribution in [0.5, 0.6) is 0 Å². The molecule has 4 nitrogen and oxygen atoms in total. The number of β-amino-alcohol motifs (C(OH)–C–C–N with tert-alkyl or cyclic N) is 1. The molecule has 2 aromatic rings. The van der Waals surface area contributed by atoms with Crippen LogP contribution in [0.3, 0.4) is 0 Å². The molecule has 1 aromatic heterocycles. The highest BCUT2D eigenvalue weighted by Gasteiger charge is 2.31. The van der Waals surface area contributed by atoms with Crippen molar-refractivity contribution in [1.82, 2.24) is 9.88 Å². The lowest BCUT2D eigenvalue weighted by molar-refractivity contribution is 0.0679. The first kappa shape index (κ1) is 14.3. The summed E-state index contributed by atoms with van der Waals surface area (Å²) in [4.78, 5) is 7.04. The number of aliphatic hydroxyl groups is 1. The van der Waals surface area contributed by atoms with Gasteiger partial charge in [-0.2, -0.15) is 0 Å². The maximum absolute atomic E-state index is 10.1. The maximum Gasteiger partial charge on any atom is 0.131 e. The fourth-order valence-corrected chi connectivity index (χ4v) is 3.02. The first-order valence-corrected chi connectivity index (χ1v) is 7.65. The predicted molar refractivity (Wildman–Crippen MR) is 86.4 cm³/mol. The number of nitrogens with zero attached hydrogens (tertiary/aromatic N) is 2. The van der Waals surface area contributed by atoms with Crippen molar-refractivity contribution < 1.29 is 5.11 Å². The van der Waals surface area contributed by atoms with Gasteiger partial charge in [0.25, 0.3) is 0 Å². The van der Waals surface area contributed by atoms with E-state index in [0.29, 0.717) is 0 Å². The Morgan fingerprint density at radius 3 is 2.90 bits per heavy atom. The average molecular weight is 285 g/mol. The van der Waals surface area contributed by atoms with Gasteiger partial charge in [0.1, 0.15) is 5.82 Å². The van der Waals surface area contributed by atoms with Gasteiger partial charge in [0, 0.05) is 37.1 Å². The lowest BCUT2D eigenvalue weighted by Crippen LogP contribution is -2.29. The Morgan fingerprint density at radius 2 is 2.19 bits per heavy atom. The molecule has 3 rings (SSSR count). The van der Waals surface area contributed by atoms with E-state index in [9.17, 15) is 5.11 Å². The summed E-state index contributed by atoms with van der Waals surface area (Å²) < 4.78 is 0. The van der Waals surface area contributed by atoms with E-state index in [1.807, 2.05) is 25.1 Å². The number of hydrogen-bond donors (Lipinski definition) is 2. The van der Waals surface area contributed by atoms with Gasteiger partial charge < -0.3 is 10.4 Å². The second-order valence-electron chi connectivity index (χ2n) is 6.18. The number of para-hydroxylation sites is 1. The van der Waals surface area contributed by atoms with Crippen LogP contribution in [0.4, 0.5) is 5.82 Å². The minimum atomic E-state index is -0.553. The van der Waals surface area contributed by atoms with Crippen LogP contribution < -0.4 is 5.32 Å². The average Bonchev–Trinajstić information content (AvgIpc) is 2.79. The van der Waals surface area contributed by atoms with E-state index >= 15 is 0 Å². The van der Waals surface area contributed by atoms with E-state index in [2.05, 4.69) is 29.3 Å². The molecule has 2 heterocycles. The highest BCUT2D eigenvalue weighted by molar-refractivity contribution is 5.81. The van der Waals surface area contributed by atoms with Gasteiger partial charge in [-0.1, -0.05) is 18.2 Å². The van der Waals surface area contributed by atoms with Crippen LogP contribution in [0.2, 0.25) is 0 Å². The molecule has 21 heavy (non-hydrogen) atoms. The fourth-order valence-electron chi connectivity index (χ4n) is 3.02. The third-order valence-electron chi connectivity index (χ3n) is 4.07. The molecule has 112 valence electrons. The molecular formula is C17H23N3O. The van der Waals surface area contributed by atoms with Gasteiger partial charge in [-0.25, -0.2) is 4.98 Å². The Morgan fingerprint density at radius 1 is 1.38 bits per heavy atom. The van der Waals surface area contributed by atoms with Gasteiger partial charge in [-0.15, -0.1) is 0 Å². The highest BCUT2D eigenvalue weighted by atomic mass is 16.3. The molecule has 0 amide bonds. The van der Waals surface area contributed by atoms with Crippen LogP contribution in [0, 0.1) is 0 Å². The zero-order valence-electron chi connectivity index (χ0n) is 12.8. The van der Waals surface area contributed by atoms with Crippen molar-refractivity contribution >= 4 is 16.7 Å². The van der Waals surface area contributed by atoms with E-state index in [1.54, 1.807) is 0 Å². The number of hydrogen-bond acceptors (Lipinski definition) is 4. The molecule has 1 atom stereocenters. The normalized spacial score (nSPS) is 22.8. The molecule has 1 aromatic carbocycles. The Labute approximate surface area is 125 Å². The van der Waals surface area contributed by atoms with Gasteiger partial charge in [0.15, 0.2) is 0 Å². The van der Waals surface area contributed by atoms with Crippen molar-refractivity contribution in [2.24, 2.45) is 0 Å². The lowest BCUT2D eigenvalue weighted by Gasteiger charge is -2.20. The molecule has 0 aliphatic carbocycles. The van der Waals surface area contributed by atoms with Crippen LogP contribution in [-0.4, -0.2) is 40.2 Å². The first-order valence-electron chi connectivity index (χ1n) is 7.65. The predicted octanol–water partition coefficient (Wildman–Crippen LogP) is 2.62. The van der Waals surface area contributed by atoms with E-state index in [4.69, 9.17) is 4.98 Å². The SMILES string of the molecule is CCNc1nc2ccccc2cc1CN1CCC(C)(O)C1. The Hall–Kier alpha value is -1.65. The van der Waals surface area contributed by atoms with E-state index < -0.39 is 5.60 Å². The van der Waals surface area contributed by atoms with Gasteiger partial charge in [0.2, 0.25) is 0 Å². The number of likely N-dealkylation sites (tertiary alicyclic amines) is 1. The highest BCUT2D eigenvalue weighted by Crippen LogP contribution is 2.26. The summed E-state index contributed by atoms with van der Waals surface area (Å²) >= 11 is 0. The smallest absolute Gasteiger partial charge is 0.131 e. The van der Waals surface area contributed by atoms with Crippen molar-refractivity contribution in [2.75, 3.05) is 25.0 Å². The molecule has 0 saturated carbocycles. The summed E-state index contributed by atoms with van der Waals surface area (Å²) in [6.07, 6.45) is 0.838. The van der Waals surface area contributed by atoms with Crippen LogP contribution in [-0.2, 0) is 6.54 Å². The monoisotopic (exact) mass is 285 g/mol. The summed E-state index contributed by atoms with van der Waals surface area (Å²) in [5.74, 6) is 0.961. The zero-order valence-corrected chi connectivity index (χ0v) is 12.8. The van der Waals surface area contributed by atoms with E-state index in [-0.39, 0.29) is 0 Å². The summed E-state index contributed by atoms with van der Waals surface area (Å²) in [5.41, 5.74) is 1.67. The molecule has 4 heteroatoms. The zero-order chi connectivity index (χ0) is 14.9. The summed E-state index contributed by atoms with van der Waals surface area (Å²) in [5, 5.41) is 14.6. The number of rotatable bonds is 4. The molecule has 1 aliphatic heterocycles. The number of aromatic nitrogens is 1. The number of pyridine rings is 1. The Bertz CT molecular complexity index is 639. The minimum Gasteiger partial charge on any atom is -0.389 e. The molecule has 1 saturated heterocycles. The second kappa shape index (κ2) is 5.62. The van der Waals surface area contributed by atoms with Crippen molar-refractivity contribution in [1.29, 1.82) is 0 Å². The van der Waals surface area contributed by atoms with Gasteiger partial charge in [-0.05, 0) is 32.4 Å². The first-order chi connectivity index (χ1) is 10.1. The molecule has 2 N–H and O–H groups in total. The van der Waals surface area contributed by atoms with Crippen LogP contribution in [0.1, 0.15) is 25.8 Å². The maximum atomic E-state index is 10.1. The van der Waals surface area contributed by atoms with Gasteiger partial charge in [0.05, 0.1) is 11.1 Å². The Kier molecular flexibility index (Phi) is 3.83. The lowest BCUT2D eigenvalue weighted by atomic mass is 10.1. The third kappa shape index (κ3) is 3.17. The van der Waals surface area contributed by atoms with Crippen molar-refractivity contribution in [3.63, 3.8) is 0 Å². The fraction of sp³-hybridized carbons (Fsp3) is 0.471. The molecule has 0 bridgehead atoms. The van der Waals surface area contributed by atoms with E-state index in [1.165, 1.54) is 10.9 Å². The quantitative estimate of drug-likeness (QED) is 0.906. The van der Waals surface area contributed by atoms with Crippen LogP contribution >= 0.6 is 0 Å². The largest absolute Gasteiger partial charge is 0.389 e. The molecule has 0 spiro atoms. The number of fused-ring (bicyclic) bond motifs is 1. The molecule has 1 fully saturated rings. The molecule has 1 aliphatic rings. The number of nitrogens with one attached hydrogen (secondary N) is 1. The number of anilines is 1. The van der Waals surface area contributed by atoms with Crippen LogP contribution in [0.25, 0.3) is 10.9 Å². The van der Waals surface area contributed by atoms with Crippen molar-refractivity contribution in [3.05, 3.63) is 35.9 Å². The van der Waals surface area contributed by atoms with Gasteiger partial charge >= 0.3 is 0 Å².